The highest BCUT2D eigenvalue weighted by Crippen LogP contribution is 2.10. The lowest BCUT2D eigenvalue weighted by molar-refractivity contribution is -0.127. The van der Waals surface area contributed by atoms with Crippen LogP contribution in [0.2, 0.25) is 0 Å². The van der Waals surface area contributed by atoms with Gasteiger partial charge in [0.1, 0.15) is 6.54 Å². The van der Waals surface area contributed by atoms with Crippen molar-refractivity contribution in [2.24, 2.45) is 4.99 Å². The van der Waals surface area contributed by atoms with Gasteiger partial charge in [-0.15, -0.1) is 35.3 Å². The number of thiophene rings is 1. The zero-order chi connectivity index (χ0) is 21.8. The molecule has 1 aromatic rings. The van der Waals surface area contributed by atoms with E-state index in [-0.39, 0.29) is 48.4 Å². The minimum absolute atomic E-state index is 0. The molecule has 10 heteroatoms. The summed E-state index contributed by atoms with van der Waals surface area (Å²) >= 11 is 1.74. The molecule has 8 nitrogen and oxygen atoms in total. The highest BCUT2D eigenvalue weighted by atomic mass is 127. The standard InChI is InChI=1S/C21H36N6O2S.HI/c1-4-10-22-19(28)16-27-12-8-17(9-13-27)25-21(24-15-20(29)26(2)3)23-11-7-18-6-5-14-30-18;/h5-6,14,17H,4,7-13,15-16H2,1-3H3,(H,22,28)(H2,23,24,25);1H. The molecule has 0 radical (unpaired) electrons. The van der Waals surface area contributed by atoms with Crippen LogP contribution in [0.5, 0.6) is 0 Å². The van der Waals surface area contributed by atoms with Gasteiger partial charge in [-0.25, -0.2) is 4.99 Å². The summed E-state index contributed by atoms with van der Waals surface area (Å²) in [5, 5.41) is 11.9. The van der Waals surface area contributed by atoms with Crippen LogP contribution in [-0.4, -0.2) is 87.0 Å². The summed E-state index contributed by atoms with van der Waals surface area (Å²) < 4.78 is 0. The topological polar surface area (TPSA) is 89.1 Å². The van der Waals surface area contributed by atoms with Gasteiger partial charge in [0.05, 0.1) is 6.54 Å². The summed E-state index contributed by atoms with van der Waals surface area (Å²) in [4.78, 5) is 33.4. The minimum atomic E-state index is -0.0257. The average Bonchev–Trinajstić information content (AvgIpc) is 3.24. The summed E-state index contributed by atoms with van der Waals surface area (Å²) in [5.74, 6) is 0.756. The van der Waals surface area contributed by atoms with Gasteiger partial charge in [-0.1, -0.05) is 13.0 Å². The predicted octanol–water partition coefficient (Wildman–Crippen LogP) is 1.52. The van der Waals surface area contributed by atoms with Crippen LogP contribution in [0.15, 0.2) is 22.5 Å². The highest BCUT2D eigenvalue weighted by Gasteiger charge is 2.21. The van der Waals surface area contributed by atoms with Gasteiger partial charge in [0.2, 0.25) is 11.8 Å². The molecule has 2 amide bonds. The number of halogens is 1. The molecule has 0 unspecified atom stereocenters. The van der Waals surface area contributed by atoms with E-state index in [2.05, 4.69) is 50.3 Å². The maximum Gasteiger partial charge on any atom is 0.243 e. The second kappa shape index (κ2) is 15.4. The second-order valence-corrected chi connectivity index (χ2v) is 8.79. The Hall–Kier alpha value is -1.40. The van der Waals surface area contributed by atoms with Crippen molar-refractivity contribution in [3.63, 3.8) is 0 Å². The SMILES string of the molecule is CCCNC(=O)CN1CCC(NC(=NCC(=O)N(C)C)NCCc2cccs2)CC1.I. The summed E-state index contributed by atoms with van der Waals surface area (Å²) in [6.45, 7) is 5.88. The molecule has 0 spiro atoms. The van der Waals surface area contributed by atoms with Crippen LogP contribution in [0, 0.1) is 0 Å². The van der Waals surface area contributed by atoms with E-state index in [4.69, 9.17) is 0 Å². The molecule has 1 aromatic heterocycles. The third kappa shape index (κ3) is 11.2. The molecular formula is C21H37IN6O2S. The largest absolute Gasteiger partial charge is 0.356 e. The quantitative estimate of drug-likeness (QED) is 0.228. The minimum Gasteiger partial charge on any atom is -0.356 e. The van der Waals surface area contributed by atoms with Crippen LogP contribution in [0.25, 0.3) is 0 Å². The number of aliphatic imine (C=N–C) groups is 1. The van der Waals surface area contributed by atoms with Gasteiger partial charge in [-0.3, -0.25) is 14.5 Å². The molecule has 0 atom stereocenters. The van der Waals surface area contributed by atoms with Crippen LogP contribution in [0.4, 0.5) is 0 Å². The molecular weight excluding hydrogens is 527 g/mol. The highest BCUT2D eigenvalue weighted by molar-refractivity contribution is 14.0. The van der Waals surface area contributed by atoms with E-state index in [1.807, 2.05) is 0 Å². The normalized spacial score (nSPS) is 15.1. The Labute approximate surface area is 207 Å². The van der Waals surface area contributed by atoms with Crippen molar-refractivity contribution in [2.45, 2.75) is 38.6 Å². The lowest BCUT2D eigenvalue weighted by Crippen LogP contribution is -2.50. The molecule has 1 fully saturated rings. The van der Waals surface area contributed by atoms with Crippen LogP contribution in [-0.2, 0) is 16.0 Å². The number of guanidine groups is 1. The van der Waals surface area contributed by atoms with E-state index in [1.165, 1.54) is 4.88 Å². The van der Waals surface area contributed by atoms with Gasteiger partial charge in [0, 0.05) is 51.2 Å². The van der Waals surface area contributed by atoms with Gasteiger partial charge >= 0.3 is 0 Å². The number of carbonyl (C=O) groups is 2. The summed E-state index contributed by atoms with van der Waals surface area (Å²) in [6, 6.07) is 4.46. The van der Waals surface area contributed by atoms with Crippen molar-refractivity contribution in [1.82, 2.24) is 25.8 Å². The Morgan fingerprint density at radius 3 is 2.58 bits per heavy atom. The van der Waals surface area contributed by atoms with Crippen molar-refractivity contribution in [3.05, 3.63) is 22.4 Å². The number of nitrogens with zero attached hydrogens (tertiary/aromatic N) is 3. The van der Waals surface area contributed by atoms with E-state index in [0.717, 1.165) is 51.9 Å². The number of likely N-dealkylation sites (tertiary alicyclic amines) is 1. The molecule has 0 bridgehead atoms. The number of carbonyl (C=O) groups excluding carboxylic acids is 2. The number of amides is 2. The van der Waals surface area contributed by atoms with E-state index >= 15 is 0 Å². The lowest BCUT2D eigenvalue weighted by atomic mass is 10.1. The Morgan fingerprint density at radius 1 is 1.23 bits per heavy atom. The molecule has 1 saturated heterocycles. The first-order valence-electron chi connectivity index (χ1n) is 10.7. The second-order valence-electron chi connectivity index (χ2n) is 7.75. The third-order valence-electron chi connectivity index (χ3n) is 4.98. The van der Waals surface area contributed by atoms with Crippen molar-refractivity contribution >= 4 is 53.1 Å². The molecule has 2 heterocycles. The molecule has 0 aromatic carbocycles. The molecule has 176 valence electrons. The molecule has 0 aliphatic carbocycles. The number of nitrogens with one attached hydrogen (secondary N) is 3. The van der Waals surface area contributed by atoms with Gasteiger partial charge in [0.25, 0.3) is 0 Å². The first-order valence-corrected chi connectivity index (χ1v) is 11.6. The number of rotatable bonds is 10. The first-order chi connectivity index (χ1) is 14.5. The molecule has 3 N–H and O–H groups in total. The lowest BCUT2D eigenvalue weighted by Gasteiger charge is -2.32. The fraction of sp³-hybridized carbons (Fsp3) is 0.667. The fourth-order valence-corrected chi connectivity index (χ4v) is 3.86. The zero-order valence-corrected chi connectivity index (χ0v) is 22.0. The Kier molecular flexibility index (Phi) is 13.7. The Balaban J connectivity index is 0.00000480. The van der Waals surface area contributed by atoms with Gasteiger partial charge in [-0.2, -0.15) is 0 Å². The summed E-state index contributed by atoms with van der Waals surface area (Å²) in [6.07, 6.45) is 3.75. The maximum atomic E-state index is 11.9. The van der Waals surface area contributed by atoms with E-state index in [0.29, 0.717) is 12.5 Å². The molecule has 31 heavy (non-hydrogen) atoms. The molecule has 0 saturated carbocycles. The summed E-state index contributed by atoms with van der Waals surface area (Å²) in [5.41, 5.74) is 0. The number of hydrogen-bond donors (Lipinski definition) is 3. The van der Waals surface area contributed by atoms with Crippen LogP contribution < -0.4 is 16.0 Å². The number of hydrogen-bond acceptors (Lipinski definition) is 5. The number of likely N-dealkylation sites (N-methyl/N-ethyl adjacent to an activating group) is 1. The third-order valence-corrected chi connectivity index (χ3v) is 5.92. The van der Waals surface area contributed by atoms with E-state index in [9.17, 15) is 9.59 Å². The van der Waals surface area contributed by atoms with Gasteiger partial charge < -0.3 is 20.9 Å². The van der Waals surface area contributed by atoms with Crippen molar-refractivity contribution in [2.75, 3.05) is 53.4 Å². The average molecular weight is 565 g/mol. The fourth-order valence-electron chi connectivity index (χ4n) is 3.15. The van der Waals surface area contributed by atoms with Gasteiger partial charge in [-0.05, 0) is 37.1 Å². The zero-order valence-electron chi connectivity index (χ0n) is 18.9. The van der Waals surface area contributed by atoms with Crippen LogP contribution >= 0.6 is 35.3 Å². The first kappa shape index (κ1) is 27.6. The Morgan fingerprint density at radius 2 is 1.97 bits per heavy atom. The van der Waals surface area contributed by atoms with E-state index < -0.39 is 0 Å². The van der Waals surface area contributed by atoms with Gasteiger partial charge in [0.15, 0.2) is 5.96 Å². The smallest absolute Gasteiger partial charge is 0.243 e. The van der Waals surface area contributed by atoms with Crippen molar-refractivity contribution in [1.29, 1.82) is 0 Å². The van der Waals surface area contributed by atoms with Crippen LogP contribution in [0.1, 0.15) is 31.1 Å². The summed E-state index contributed by atoms with van der Waals surface area (Å²) in [7, 11) is 3.48. The Bertz CT molecular complexity index is 675. The van der Waals surface area contributed by atoms with Crippen molar-refractivity contribution in [3.8, 4) is 0 Å². The maximum absolute atomic E-state index is 11.9. The number of piperidine rings is 1. The molecule has 2 rings (SSSR count). The molecule has 1 aliphatic heterocycles. The monoisotopic (exact) mass is 564 g/mol. The van der Waals surface area contributed by atoms with Crippen LogP contribution in [0.3, 0.4) is 0 Å². The molecule has 1 aliphatic rings. The predicted molar refractivity (Wildman–Crippen MR) is 138 cm³/mol. The van der Waals surface area contributed by atoms with Crippen molar-refractivity contribution < 1.29 is 9.59 Å². The van der Waals surface area contributed by atoms with E-state index in [1.54, 1.807) is 30.3 Å².